The number of allylic oxidation sites excluding steroid dienone is 8. The first-order valence-corrected chi connectivity index (χ1v) is 19.9. The topological polar surface area (TPSA) is 89.8 Å². The standard InChI is InChI=1S/C42H77NO4/c1-3-5-7-9-11-13-15-17-18-19-20-21-22-23-24-25-27-29-31-33-35-37-41(46)43-39(38-44)42(47)40(45)36-34-32-30-28-26-16-14-12-10-8-6-4-2/h5,7,11-14,28,30,39-40,42,44-45,47H,3-4,6,8-10,15-27,29,31-38H2,1-2H3,(H,43,46)/b7-5-,13-11-,14-12+,30-28+. The van der Waals surface area contributed by atoms with E-state index in [1.165, 1.54) is 103 Å². The van der Waals surface area contributed by atoms with E-state index in [1.54, 1.807) is 0 Å². The van der Waals surface area contributed by atoms with E-state index in [-0.39, 0.29) is 12.5 Å². The molecule has 47 heavy (non-hydrogen) atoms. The number of carbonyl (C=O) groups excluding carboxylic acids is 1. The maximum Gasteiger partial charge on any atom is 0.220 e. The van der Waals surface area contributed by atoms with Gasteiger partial charge in [-0.25, -0.2) is 0 Å². The molecule has 5 heteroatoms. The van der Waals surface area contributed by atoms with Crippen molar-refractivity contribution >= 4 is 5.91 Å². The third-order valence-corrected chi connectivity index (χ3v) is 8.89. The monoisotopic (exact) mass is 660 g/mol. The van der Waals surface area contributed by atoms with Gasteiger partial charge in [0.15, 0.2) is 0 Å². The Balaban J connectivity index is 3.67. The molecule has 0 aromatic heterocycles. The van der Waals surface area contributed by atoms with Crippen LogP contribution >= 0.6 is 0 Å². The maximum atomic E-state index is 12.4. The molecule has 3 atom stereocenters. The summed E-state index contributed by atoms with van der Waals surface area (Å²) in [5.41, 5.74) is 0. The van der Waals surface area contributed by atoms with Crippen LogP contribution in [-0.4, -0.2) is 46.1 Å². The Morgan fingerprint density at radius 3 is 1.53 bits per heavy atom. The van der Waals surface area contributed by atoms with E-state index in [0.717, 1.165) is 57.8 Å². The summed E-state index contributed by atoms with van der Waals surface area (Å²) in [5.74, 6) is -0.162. The van der Waals surface area contributed by atoms with Gasteiger partial charge in [-0.1, -0.05) is 152 Å². The number of unbranched alkanes of at least 4 members (excludes halogenated alkanes) is 19. The van der Waals surface area contributed by atoms with Crippen LogP contribution in [0.4, 0.5) is 0 Å². The molecule has 5 nitrogen and oxygen atoms in total. The molecule has 0 aliphatic rings. The summed E-state index contributed by atoms with van der Waals surface area (Å²) in [7, 11) is 0. The summed E-state index contributed by atoms with van der Waals surface area (Å²) in [6.07, 6.45) is 46.4. The highest BCUT2D eigenvalue weighted by Gasteiger charge is 2.26. The average molecular weight is 660 g/mol. The van der Waals surface area contributed by atoms with Crippen molar-refractivity contribution in [3.63, 3.8) is 0 Å². The molecule has 4 N–H and O–H groups in total. The second-order valence-corrected chi connectivity index (χ2v) is 13.4. The number of hydrogen-bond acceptors (Lipinski definition) is 4. The molecule has 0 saturated carbocycles. The predicted molar refractivity (Wildman–Crippen MR) is 204 cm³/mol. The molecule has 274 valence electrons. The quantitative estimate of drug-likeness (QED) is 0.0402. The second kappa shape index (κ2) is 37.1. The summed E-state index contributed by atoms with van der Waals surface area (Å²) < 4.78 is 0. The first kappa shape index (κ1) is 45.3. The smallest absolute Gasteiger partial charge is 0.220 e. The van der Waals surface area contributed by atoms with Crippen LogP contribution in [0.25, 0.3) is 0 Å². The highest BCUT2D eigenvalue weighted by atomic mass is 16.3. The molecule has 0 heterocycles. The van der Waals surface area contributed by atoms with Gasteiger partial charge >= 0.3 is 0 Å². The fraction of sp³-hybridized carbons (Fsp3) is 0.786. The van der Waals surface area contributed by atoms with Gasteiger partial charge in [-0.05, 0) is 77.0 Å². The van der Waals surface area contributed by atoms with Crippen molar-refractivity contribution in [2.45, 2.75) is 205 Å². The Hall–Kier alpha value is -1.69. The van der Waals surface area contributed by atoms with Crippen molar-refractivity contribution in [2.75, 3.05) is 6.61 Å². The fourth-order valence-corrected chi connectivity index (χ4v) is 5.80. The van der Waals surface area contributed by atoms with Crippen molar-refractivity contribution in [2.24, 2.45) is 0 Å². The molecule has 0 radical (unpaired) electrons. The molecule has 0 saturated heterocycles. The average Bonchev–Trinajstić information content (AvgIpc) is 3.07. The Morgan fingerprint density at radius 1 is 0.553 bits per heavy atom. The van der Waals surface area contributed by atoms with E-state index in [4.69, 9.17) is 0 Å². The van der Waals surface area contributed by atoms with Crippen molar-refractivity contribution in [3.8, 4) is 0 Å². The Bertz CT molecular complexity index is 775. The molecule has 0 spiro atoms. The van der Waals surface area contributed by atoms with E-state index in [0.29, 0.717) is 12.8 Å². The molecule has 0 bridgehead atoms. The molecule has 0 aliphatic heterocycles. The van der Waals surface area contributed by atoms with Crippen LogP contribution in [0.15, 0.2) is 48.6 Å². The summed E-state index contributed by atoms with van der Waals surface area (Å²) >= 11 is 0. The lowest BCUT2D eigenvalue weighted by Crippen LogP contribution is -2.50. The number of aliphatic hydroxyl groups excluding tert-OH is 3. The maximum absolute atomic E-state index is 12.4. The van der Waals surface area contributed by atoms with Gasteiger partial charge in [-0.2, -0.15) is 0 Å². The van der Waals surface area contributed by atoms with Crippen LogP contribution in [0.1, 0.15) is 187 Å². The molecule has 0 aromatic carbocycles. The van der Waals surface area contributed by atoms with Gasteiger partial charge in [0.1, 0.15) is 6.10 Å². The summed E-state index contributed by atoms with van der Waals surface area (Å²) in [6.45, 7) is 4.01. The molecule has 3 unspecified atom stereocenters. The third kappa shape index (κ3) is 32.6. The lowest BCUT2D eigenvalue weighted by atomic mass is 10.0. The lowest BCUT2D eigenvalue weighted by Gasteiger charge is -2.26. The first-order chi connectivity index (χ1) is 23.1. The van der Waals surface area contributed by atoms with E-state index >= 15 is 0 Å². The SMILES string of the molecule is CC/C=C\C/C=C\CCCCCCCCCCCCCCCCC(=O)NC(CO)C(O)C(O)CCC/C=C/CC/C=C/CCCCC. The zero-order valence-electron chi connectivity index (χ0n) is 30.9. The largest absolute Gasteiger partial charge is 0.394 e. The second-order valence-electron chi connectivity index (χ2n) is 13.4. The van der Waals surface area contributed by atoms with Crippen molar-refractivity contribution in [1.82, 2.24) is 5.32 Å². The van der Waals surface area contributed by atoms with Crippen molar-refractivity contribution in [3.05, 3.63) is 48.6 Å². The van der Waals surface area contributed by atoms with Crippen LogP contribution in [-0.2, 0) is 4.79 Å². The van der Waals surface area contributed by atoms with Gasteiger partial charge in [0.2, 0.25) is 5.91 Å². The number of amides is 1. The first-order valence-electron chi connectivity index (χ1n) is 19.9. The summed E-state index contributed by atoms with van der Waals surface area (Å²) in [5, 5.41) is 33.3. The molecule has 0 aromatic rings. The van der Waals surface area contributed by atoms with Crippen molar-refractivity contribution < 1.29 is 20.1 Å². The van der Waals surface area contributed by atoms with Crippen LogP contribution in [0.3, 0.4) is 0 Å². The number of rotatable bonds is 35. The molecule has 0 aliphatic carbocycles. The minimum atomic E-state index is -1.17. The highest BCUT2D eigenvalue weighted by Crippen LogP contribution is 2.15. The van der Waals surface area contributed by atoms with Gasteiger partial charge in [0.05, 0.1) is 18.8 Å². The number of aliphatic hydroxyl groups is 3. The number of hydrogen-bond donors (Lipinski definition) is 4. The minimum absolute atomic E-state index is 0.162. The lowest BCUT2D eigenvalue weighted by molar-refractivity contribution is -0.124. The van der Waals surface area contributed by atoms with E-state index < -0.39 is 18.2 Å². The Kier molecular flexibility index (Phi) is 35.8. The van der Waals surface area contributed by atoms with Crippen LogP contribution in [0, 0.1) is 0 Å². The predicted octanol–water partition coefficient (Wildman–Crippen LogP) is 11.0. The molecular formula is C42H77NO4. The van der Waals surface area contributed by atoms with Gasteiger partial charge in [0.25, 0.3) is 0 Å². The third-order valence-electron chi connectivity index (χ3n) is 8.89. The Labute approximate surface area is 291 Å². The Morgan fingerprint density at radius 2 is 1.00 bits per heavy atom. The van der Waals surface area contributed by atoms with Gasteiger partial charge in [-0.15, -0.1) is 0 Å². The molecule has 0 rings (SSSR count). The normalized spacial score (nSPS) is 14.2. The molecule has 0 fully saturated rings. The zero-order chi connectivity index (χ0) is 34.5. The van der Waals surface area contributed by atoms with E-state index in [2.05, 4.69) is 67.8 Å². The van der Waals surface area contributed by atoms with Crippen LogP contribution in [0.2, 0.25) is 0 Å². The van der Waals surface area contributed by atoms with E-state index in [1.807, 2.05) is 0 Å². The van der Waals surface area contributed by atoms with Crippen LogP contribution in [0.5, 0.6) is 0 Å². The minimum Gasteiger partial charge on any atom is -0.394 e. The zero-order valence-corrected chi connectivity index (χ0v) is 30.9. The summed E-state index contributed by atoms with van der Waals surface area (Å²) in [4.78, 5) is 12.4. The van der Waals surface area contributed by atoms with Gasteiger partial charge in [0, 0.05) is 6.42 Å². The molecular weight excluding hydrogens is 582 g/mol. The summed E-state index contributed by atoms with van der Waals surface area (Å²) in [6, 6.07) is -0.831. The fourth-order valence-electron chi connectivity index (χ4n) is 5.80. The number of carbonyl (C=O) groups is 1. The highest BCUT2D eigenvalue weighted by molar-refractivity contribution is 5.76. The van der Waals surface area contributed by atoms with E-state index in [9.17, 15) is 20.1 Å². The number of nitrogens with one attached hydrogen (secondary N) is 1. The van der Waals surface area contributed by atoms with Crippen LogP contribution < -0.4 is 5.32 Å². The molecule has 1 amide bonds. The van der Waals surface area contributed by atoms with Crippen molar-refractivity contribution in [1.29, 1.82) is 0 Å². The van der Waals surface area contributed by atoms with Gasteiger partial charge in [-0.3, -0.25) is 4.79 Å². The van der Waals surface area contributed by atoms with Gasteiger partial charge < -0.3 is 20.6 Å².